The second kappa shape index (κ2) is 8.23. The number of carbonyl (C=O) groups excluding carboxylic acids is 2. The van der Waals surface area contributed by atoms with Crippen LogP contribution in [0.25, 0.3) is 0 Å². The molecule has 25 heavy (non-hydrogen) atoms. The summed E-state index contributed by atoms with van der Waals surface area (Å²) in [5.41, 5.74) is 0.424. The van der Waals surface area contributed by atoms with Crippen LogP contribution in [-0.2, 0) is 16.1 Å². The molecule has 6 nitrogen and oxygen atoms in total. The van der Waals surface area contributed by atoms with E-state index in [4.69, 9.17) is 9.47 Å². The van der Waals surface area contributed by atoms with Crippen LogP contribution in [0.15, 0.2) is 30.3 Å². The minimum atomic E-state index is -0.530. The van der Waals surface area contributed by atoms with Crippen molar-refractivity contribution in [1.29, 1.82) is 0 Å². The highest BCUT2D eigenvalue weighted by atomic mass is 16.6. The molecule has 1 fully saturated rings. The fraction of sp³-hybridized carbons (Fsp3) is 0.579. The van der Waals surface area contributed by atoms with Gasteiger partial charge in [-0.25, -0.2) is 9.59 Å². The zero-order valence-corrected chi connectivity index (χ0v) is 15.5. The van der Waals surface area contributed by atoms with Crippen LogP contribution in [-0.4, -0.2) is 53.3 Å². The number of likely N-dealkylation sites (tertiary alicyclic amines) is 1. The summed E-state index contributed by atoms with van der Waals surface area (Å²) in [7, 11) is 0. The third-order valence-corrected chi connectivity index (χ3v) is 4.04. The van der Waals surface area contributed by atoms with Crippen LogP contribution < -0.4 is 0 Å². The molecule has 1 heterocycles. The van der Waals surface area contributed by atoms with Gasteiger partial charge in [0.15, 0.2) is 0 Å². The van der Waals surface area contributed by atoms with Crippen LogP contribution in [0.2, 0.25) is 0 Å². The van der Waals surface area contributed by atoms with Gasteiger partial charge in [-0.3, -0.25) is 0 Å². The van der Waals surface area contributed by atoms with E-state index in [2.05, 4.69) is 0 Å². The van der Waals surface area contributed by atoms with Crippen molar-refractivity contribution in [3.8, 4) is 0 Å². The van der Waals surface area contributed by atoms with E-state index in [0.717, 1.165) is 12.0 Å². The number of rotatable bonds is 4. The maximum atomic E-state index is 12.3. The van der Waals surface area contributed by atoms with Gasteiger partial charge < -0.3 is 19.3 Å². The molecule has 1 aliphatic heterocycles. The van der Waals surface area contributed by atoms with Crippen molar-refractivity contribution in [3.63, 3.8) is 0 Å². The predicted octanol–water partition coefficient (Wildman–Crippen LogP) is 3.65. The summed E-state index contributed by atoms with van der Waals surface area (Å²) >= 11 is 0. The zero-order chi connectivity index (χ0) is 18.4. The molecule has 1 saturated heterocycles. The van der Waals surface area contributed by atoms with Gasteiger partial charge in [0.1, 0.15) is 12.2 Å². The van der Waals surface area contributed by atoms with E-state index in [1.807, 2.05) is 58.0 Å². The second-order valence-corrected chi connectivity index (χ2v) is 7.20. The Labute approximate surface area is 149 Å². The SMILES string of the molecule is CCN(C(=O)OC(C)(C)C)[C@H]1CCN(C(=O)OCc2ccccc2)C1. The molecule has 1 aromatic rings. The van der Waals surface area contributed by atoms with Crippen LogP contribution >= 0.6 is 0 Å². The molecule has 0 saturated carbocycles. The molecule has 6 heteroatoms. The first kappa shape index (κ1) is 19.1. The Morgan fingerprint density at radius 3 is 2.52 bits per heavy atom. The molecule has 0 unspecified atom stereocenters. The number of ether oxygens (including phenoxy) is 2. The van der Waals surface area contributed by atoms with Gasteiger partial charge in [0.2, 0.25) is 0 Å². The van der Waals surface area contributed by atoms with Gasteiger partial charge in [-0.15, -0.1) is 0 Å². The van der Waals surface area contributed by atoms with Gasteiger partial charge in [0.25, 0.3) is 0 Å². The van der Waals surface area contributed by atoms with E-state index in [9.17, 15) is 9.59 Å². The fourth-order valence-corrected chi connectivity index (χ4v) is 2.83. The molecule has 1 aromatic carbocycles. The van der Waals surface area contributed by atoms with Crippen LogP contribution in [0.4, 0.5) is 9.59 Å². The van der Waals surface area contributed by atoms with Crippen LogP contribution in [0.5, 0.6) is 0 Å². The van der Waals surface area contributed by atoms with Crippen molar-refractivity contribution in [2.75, 3.05) is 19.6 Å². The Morgan fingerprint density at radius 2 is 1.92 bits per heavy atom. The molecular weight excluding hydrogens is 320 g/mol. The van der Waals surface area contributed by atoms with Crippen molar-refractivity contribution < 1.29 is 19.1 Å². The average Bonchev–Trinajstić information content (AvgIpc) is 3.02. The molecule has 2 amide bonds. The van der Waals surface area contributed by atoms with Gasteiger partial charge >= 0.3 is 12.2 Å². The number of nitrogens with zero attached hydrogens (tertiary/aromatic N) is 2. The summed E-state index contributed by atoms with van der Waals surface area (Å²) in [6, 6.07) is 9.54. The Morgan fingerprint density at radius 1 is 1.24 bits per heavy atom. The topological polar surface area (TPSA) is 59.1 Å². The molecule has 138 valence electrons. The minimum absolute atomic E-state index is 0.0378. The summed E-state index contributed by atoms with van der Waals surface area (Å²) in [5.74, 6) is 0. The molecule has 0 bridgehead atoms. The minimum Gasteiger partial charge on any atom is -0.445 e. The average molecular weight is 348 g/mol. The van der Waals surface area contributed by atoms with Gasteiger partial charge in [-0.2, -0.15) is 0 Å². The molecule has 0 aliphatic carbocycles. The first-order chi connectivity index (χ1) is 11.8. The molecule has 0 radical (unpaired) electrons. The lowest BCUT2D eigenvalue weighted by Crippen LogP contribution is -2.45. The lowest BCUT2D eigenvalue weighted by Gasteiger charge is -2.30. The quantitative estimate of drug-likeness (QED) is 0.833. The number of amides is 2. The third-order valence-electron chi connectivity index (χ3n) is 4.04. The van der Waals surface area contributed by atoms with Crippen LogP contribution in [0, 0.1) is 0 Å². The van der Waals surface area contributed by atoms with Crippen LogP contribution in [0.1, 0.15) is 39.7 Å². The van der Waals surface area contributed by atoms with Crippen LogP contribution in [0.3, 0.4) is 0 Å². The lowest BCUT2D eigenvalue weighted by atomic mass is 10.2. The van der Waals surface area contributed by atoms with E-state index >= 15 is 0 Å². The van der Waals surface area contributed by atoms with Crippen molar-refractivity contribution in [1.82, 2.24) is 9.80 Å². The van der Waals surface area contributed by atoms with E-state index in [1.54, 1.807) is 9.80 Å². The number of carbonyl (C=O) groups is 2. The summed E-state index contributed by atoms with van der Waals surface area (Å²) < 4.78 is 10.8. The van der Waals surface area contributed by atoms with E-state index in [0.29, 0.717) is 19.6 Å². The van der Waals surface area contributed by atoms with Gasteiger partial charge in [-0.05, 0) is 39.7 Å². The molecule has 1 atom stereocenters. The Kier molecular flexibility index (Phi) is 6.28. The maximum absolute atomic E-state index is 12.3. The standard InChI is InChI=1S/C19H28N2O4/c1-5-21(18(23)25-19(2,3)4)16-11-12-20(13-16)17(22)24-14-15-9-7-6-8-10-15/h6-10,16H,5,11-14H2,1-4H3/t16-/m0/s1. The smallest absolute Gasteiger partial charge is 0.410 e. The number of hydrogen-bond acceptors (Lipinski definition) is 4. The van der Waals surface area contributed by atoms with E-state index in [-0.39, 0.29) is 24.8 Å². The highest BCUT2D eigenvalue weighted by Crippen LogP contribution is 2.20. The highest BCUT2D eigenvalue weighted by Gasteiger charge is 2.34. The highest BCUT2D eigenvalue weighted by molar-refractivity contribution is 5.70. The van der Waals surface area contributed by atoms with E-state index < -0.39 is 5.60 Å². The van der Waals surface area contributed by atoms with E-state index in [1.165, 1.54) is 0 Å². The Balaban J connectivity index is 1.86. The molecule has 1 aliphatic rings. The van der Waals surface area contributed by atoms with Crippen molar-refractivity contribution in [3.05, 3.63) is 35.9 Å². The second-order valence-electron chi connectivity index (χ2n) is 7.20. The van der Waals surface area contributed by atoms with Gasteiger partial charge in [0.05, 0.1) is 6.04 Å². The predicted molar refractivity (Wildman–Crippen MR) is 95.2 cm³/mol. The number of benzene rings is 1. The summed E-state index contributed by atoms with van der Waals surface area (Å²) in [6.45, 7) is 9.32. The lowest BCUT2D eigenvalue weighted by molar-refractivity contribution is 0.0177. The van der Waals surface area contributed by atoms with Gasteiger partial charge in [0, 0.05) is 19.6 Å². The first-order valence-electron chi connectivity index (χ1n) is 8.75. The first-order valence-corrected chi connectivity index (χ1v) is 8.75. The zero-order valence-electron chi connectivity index (χ0n) is 15.5. The van der Waals surface area contributed by atoms with Crippen molar-refractivity contribution >= 4 is 12.2 Å². The third kappa shape index (κ3) is 5.66. The largest absolute Gasteiger partial charge is 0.445 e. The summed E-state index contributed by atoms with van der Waals surface area (Å²) in [4.78, 5) is 27.9. The Hall–Kier alpha value is -2.24. The Bertz CT molecular complexity index is 583. The molecule has 0 N–H and O–H groups in total. The number of hydrogen-bond donors (Lipinski definition) is 0. The molecule has 0 spiro atoms. The number of likely N-dealkylation sites (N-methyl/N-ethyl adjacent to an activating group) is 1. The van der Waals surface area contributed by atoms with Crippen molar-refractivity contribution in [2.45, 2.75) is 52.4 Å². The normalized spacial score (nSPS) is 17.3. The molecule has 0 aromatic heterocycles. The van der Waals surface area contributed by atoms with Crippen molar-refractivity contribution in [2.24, 2.45) is 0 Å². The molecule has 2 rings (SSSR count). The summed E-state index contributed by atoms with van der Waals surface area (Å²) in [6.07, 6.45) is 0.0548. The molecular formula is C19H28N2O4. The monoisotopic (exact) mass is 348 g/mol. The van der Waals surface area contributed by atoms with Gasteiger partial charge in [-0.1, -0.05) is 30.3 Å². The fourth-order valence-electron chi connectivity index (χ4n) is 2.83. The summed E-state index contributed by atoms with van der Waals surface area (Å²) in [5, 5.41) is 0. The maximum Gasteiger partial charge on any atom is 0.410 e.